The van der Waals surface area contributed by atoms with Crippen LogP contribution in [0.2, 0.25) is 0 Å². The number of hydrogen-bond acceptors (Lipinski definition) is 12. The van der Waals surface area contributed by atoms with Crippen molar-refractivity contribution >= 4 is 24.4 Å². The Morgan fingerprint density at radius 3 is 0.714 bits per heavy atom. The van der Waals surface area contributed by atoms with Gasteiger partial charge in [0.05, 0.1) is 0 Å². The summed E-state index contributed by atoms with van der Waals surface area (Å²) in [5.74, 6) is 0. The van der Waals surface area contributed by atoms with Gasteiger partial charge in [0, 0.05) is 39.3 Å². The molecule has 0 bridgehead atoms. The number of carbonyl (C=O) groups excluding carboxylic acids is 4. The Morgan fingerprint density at radius 2 is 0.524 bits per heavy atom. The van der Waals surface area contributed by atoms with Crippen molar-refractivity contribution in [3.8, 4) is 0 Å². The normalized spacial score (nSPS) is 16.6. The molecule has 0 unspecified atom stereocenters. The van der Waals surface area contributed by atoms with Crippen molar-refractivity contribution in [2.24, 2.45) is 0 Å². The maximum Gasteiger partial charge on any atom is 0.407 e. The maximum absolute atomic E-state index is 12.2. The summed E-state index contributed by atoms with van der Waals surface area (Å²) in [7, 11) is 0. The average molecular weight is 899 g/mol. The van der Waals surface area contributed by atoms with Crippen molar-refractivity contribution in [1.82, 2.24) is 40.9 Å². The van der Waals surface area contributed by atoms with Crippen LogP contribution < -0.4 is 21.3 Å². The van der Waals surface area contributed by atoms with Gasteiger partial charge in [-0.05, 0) is 219 Å². The van der Waals surface area contributed by atoms with Gasteiger partial charge in [-0.15, -0.1) is 0 Å². The fourth-order valence-electron chi connectivity index (χ4n) is 7.04. The Hall–Kier alpha value is -3.08. The molecule has 4 amide bonds. The topological polar surface area (TPSA) is 166 Å². The smallest absolute Gasteiger partial charge is 0.407 e. The number of nitrogens with zero attached hydrogens (tertiary/aromatic N) is 4. The lowest BCUT2D eigenvalue weighted by Gasteiger charge is -2.29. The highest BCUT2D eigenvalue weighted by Gasteiger charge is 2.20. The van der Waals surface area contributed by atoms with Gasteiger partial charge in [0.25, 0.3) is 0 Å². The Morgan fingerprint density at radius 1 is 0.333 bits per heavy atom. The highest BCUT2D eigenvalue weighted by atomic mass is 16.6. The molecule has 1 saturated heterocycles. The molecule has 0 aromatic carbocycles. The predicted molar refractivity (Wildman–Crippen MR) is 253 cm³/mol. The van der Waals surface area contributed by atoms with Crippen molar-refractivity contribution in [1.29, 1.82) is 0 Å². The van der Waals surface area contributed by atoms with Crippen LogP contribution in [0.5, 0.6) is 0 Å². The summed E-state index contributed by atoms with van der Waals surface area (Å²) in [5, 5.41) is 11.6. The highest BCUT2D eigenvalue weighted by Crippen LogP contribution is 2.11. The fourth-order valence-corrected chi connectivity index (χ4v) is 7.04. The van der Waals surface area contributed by atoms with Crippen LogP contribution in [0.4, 0.5) is 19.2 Å². The number of hydrogen-bond donors (Lipinski definition) is 4. The van der Waals surface area contributed by atoms with Crippen molar-refractivity contribution in [3.63, 3.8) is 0 Å². The number of carbonyl (C=O) groups is 4. The van der Waals surface area contributed by atoms with Gasteiger partial charge in [-0.2, -0.15) is 0 Å². The number of unbranched alkanes of at least 4 members (excludes halogenated alkanes) is 4. The average Bonchev–Trinajstić information content (AvgIpc) is 3.12. The molecule has 63 heavy (non-hydrogen) atoms. The van der Waals surface area contributed by atoms with Crippen molar-refractivity contribution in [3.05, 3.63) is 0 Å². The zero-order valence-corrected chi connectivity index (χ0v) is 42.1. The minimum Gasteiger partial charge on any atom is -0.444 e. The van der Waals surface area contributed by atoms with E-state index < -0.39 is 22.4 Å². The molecule has 370 valence electrons. The first-order chi connectivity index (χ1) is 29.4. The van der Waals surface area contributed by atoms with E-state index in [1.165, 1.54) is 0 Å². The first-order valence-electron chi connectivity index (χ1n) is 24.2. The zero-order chi connectivity index (χ0) is 47.4. The number of alkyl carbamates (subject to hydrolysis) is 4. The minimum atomic E-state index is -0.522. The second kappa shape index (κ2) is 30.9. The molecule has 1 fully saturated rings. The molecule has 0 aromatic heterocycles. The molecule has 4 N–H and O–H groups in total. The van der Waals surface area contributed by atoms with E-state index in [1.807, 2.05) is 83.1 Å². The molecule has 0 spiro atoms. The summed E-state index contributed by atoms with van der Waals surface area (Å²) in [6, 6.07) is 0. The van der Waals surface area contributed by atoms with Crippen LogP contribution in [-0.2, 0) is 18.9 Å². The SMILES string of the molecule is CC(C)(C)OC(=O)NCCCCN1CCCN(CCCCNC(=O)OC(C)(C)C)CCCN(CCCCNC(=O)OC(C)(C)C)CCN(CCCCNC(=O)OC(C)(C)C)CCC1. The Labute approximate surface area is 383 Å². The van der Waals surface area contributed by atoms with Gasteiger partial charge in [0.15, 0.2) is 0 Å². The predicted octanol–water partition coefficient (Wildman–Crippen LogP) is 7.60. The molecule has 0 radical (unpaired) electrons. The van der Waals surface area contributed by atoms with Crippen molar-refractivity contribution < 1.29 is 38.1 Å². The standard InChI is InChI=1S/C47H94N8O8/c1-44(2,3)60-40(56)48-24-13-17-28-52-32-21-33-53(29-18-14-25-49-41(57)61-45(4,5)6)35-23-37-55(31-20-16-27-51-43(59)63-47(10,11)12)39-38-54(36-22-34-52)30-19-15-26-50-42(58)62-46(7,8)9/h13-39H2,1-12H3,(H,48,56)(H,49,57)(H,50,58)(H,51,59). The fraction of sp³-hybridized carbons (Fsp3) is 0.915. The second-order valence-corrected chi connectivity index (χ2v) is 21.0. The lowest BCUT2D eigenvalue weighted by atomic mass is 10.2. The van der Waals surface area contributed by atoms with Crippen molar-refractivity contribution in [2.75, 3.05) is 105 Å². The van der Waals surface area contributed by atoms with E-state index in [0.717, 1.165) is 149 Å². The summed E-state index contributed by atoms with van der Waals surface area (Å²) in [4.78, 5) is 59.2. The van der Waals surface area contributed by atoms with Gasteiger partial charge in [0.2, 0.25) is 0 Å². The van der Waals surface area contributed by atoms with Gasteiger partial charge in [-0.1, -0.05) is 0 Å². The van der Waals surface area contributed by atoms with E-state index in [2.05, 4.69) is 40.9 Å². The van der Waals surface area contributed by atoms with E-state index in [0.29, 0.717) is 26.2 Å². The van der Waals surface area contributed by atoms with Gasteiger partial charge in [0.1, 0.15) is 22.4 Å². The third-order valence-electron chi connectivity index (χ3n) is 9.86. The summed E-state index contributed by atoms with van der Waals surface area (Å²) in [5.41, 5.74) is -2.08. The molecule has 0 saturated carbocycles. The van der Waals surface area contributed by atoms with Gasteiger partial charge in [-0.25, -0.2) is 19.2 Å². The van der Waals surface area contributed by atoms with Crippen molar-refractivity contribution in [2.45, 2.75) is 176 Å². The van der Waals surface area contributed by atoms with E-state index in [4.69, 9.17) is 18.9 Å². The van der Waals surface area contributed by atoms with Gasteiger partial charge >= 0.3 is 24.4 Å². The van der Waals surface area contributed by atoms with Crippen LogP contribution in [0.3, 0.4) is 0 Å². The Balaban J connectivity index is 3.01. The Kier molecular flexibility index (Phi) is 28.5. The van der Waals surface area contributed by atoms with E-state index >= 15 is 0 Å². The monoisotopic (exact) mass is 899 g/mol. The third-order valence-corrected chi connectivity index (χ3v) is 9.86. The largest absolute Gasteiger partial charge is 0.444 e. The molecule has 16 nitrogen and oxygen atoms in total. The quantitative estimate of drug-likeness (QED) is 0.0700. The summed E-state index contributed by atoms with van der Waals surface area (Å²) >= 11 is 0. The van der Waals surface area contributed by atoms with Crippen LogP contribution in [0, 0.1) is 0 Å². The maximum atomic E-state index is 12.2. The molecule has 0 atom stereocenters. The number of ether oxygens (including phenoxy) is 4. The first-order valence-corrected chi connectivity index (χ1v) is 24.2. The summed E-state index contributed by atoms with van der Waals surface area (Å²) < 4.78 is 21.7. The van der Waals surface area contributed by atoms with E-state index in [1.54, 1.807) is 0 Å². The Bertz CT molecular complexity index is 1170. The van der Waals surface area contributed by atoms with Crippen LogP contribution in [0.1, 0.15) is 154 Å². The van der Waals surface area contributed by atoms with Crippen LogP contribution in [0.25, 0.3) is 0 Å². The highest BCUT2D eigenvalue weighted by molar-refractivity contribution is 5.68. The second-order valence-electron chi connectivity index (χ2n) is 21.0. The lowest BCUT2D eigenvalue weighted by Crippen LogP contribution is -2.39. The van der Waals surface area contributed by atoms with Crippen LogP contribution in [0.15, 0.2) is 0 Å². The van der Waals surface area contributed by atoms with Gasteiger partial charge < -0.3 is 59.8 Å². The molecular weight excluding hydrogens is 805 g/mol. The third kappa shape index (κ3) is 36.9. The lowest BCUT2D eigenvalue weighted by molar-refractivity contribution is 0.0514. The van der Waals surface area contributed by atoms with Crippen LogP contribution >= 0.6 is 0 Å². The van der Waals surface area contributed by atoms with Crippen LogP contribution in [-0.4, -0.2) is 171 Å². The summed E-state index contributed by atoms with van der Waals surface area (Å²) in [6.45, 7) is 36.6. The molecule has 1 rings (SSSR count). The van der Waals surface area contributed by atoms with E-state index in [-0.39, 0.29) is 24.4 Å². The molecule has 0 aliphatic carbocycles. The molecule has 16 heteroatoms. The summed E-state index contributed by atoms with van der Waals surface area (Å²) in [6.07, 6.45) is 9.13. The number of rotatable bonds is 20. The molecule has 1 aliphatic heterocycles. The molecular formula is C47H94N8O8. The molecule has 1 aliphatic rings. The number of nitrogens with one attached hydrogen (secondary N) is 4. The molecule has 0 aromatic rings. The molecule has 1 heterocycles. The zero-order valence-electron chi connectivity index (χ0n) is 42.1. The van der Waals surface area contributed by atoms with E-state index in [9.17, 15) is 19.2 Å². The first kappa shape index (κ1) is 57.9. The van der Waals surface area contributed by atoms with Gasteiger partial charge in [-0.3, -0.25) is 0 Å². The minimum absolute atomic E-state index is 0.369. The number of amides is 4.